The zero-order valence-corrected chi connectivity index (χ0v) is 11.7. The number of benzene rings is 1. The van der Waals surface area contributed by atoms with Crippen molar-refractivity contribution in [2.75, 3.05) is 5.73 Å². The summed E-state index contributed by atoms with van der Waals surface area (Å²) in [6.07, 6.45) is 1.33. The van der Waals surface area contributed by atoms with Crippen LogP contribution in [0, 0.1) is 4.91 Å². The van der Waals surface area contributed by atoms with Crippen LogP contribution < -0.4 is 17.0 Å². The van der Waals surface area contributed by atoms with Crippen molar-refractivity contribution in [2.24, 2.45) is 12.2 Å². The van der Waals surface area contributed by atoms with E-state index in [0.29, 0.717) is 6.42 Å². The Balaban J connectivity index is 2.25. The van der Waals surface area contributed by atoms with Gasteiger partial charge >= 0.3 is 5.69 Å². The third-order valence-electron chi connectivity index (χ3n) is 3.35. The van der Waals surface area contributed by atoms with Gasteiger partial charge in [-0.1, -0.05) is 30.3 Å². The zero-order valence-electron chi connectivity index (χ0n) is 11.7. The smallest absolute Gasteiger partial charge is 0.332 e. The Hall–Kier alpha value is -2.70. The molecule has 1 heterocycles. The molecule has 2 aromatic rings. The summed E-state index contributed by atoms with van der Waals surface area (Å²) in [6, 6.07) is 9.73. The molecule has 0 saturated heterocycles. The Kier molecular flexibility index (Phi) is 4.32. The molecule has 1 aromatic heterocycles. The summed E-state index contributed by atoms with van der Waals surface area (Å²) < 4.78 is 2.05. The maximum Gasteiger partial charge on any atom is 0.332 e. The van der Waals surface area contributed by atoms with E-state index in [1.165, 1.54) is 7.05 Å². The second-order valence-electron chi connectivity index (χ2n) is 4.71. The van der Waals surface area contributed by atoms with Crippen LogP contribution in [0.2, 0.25) is 0 Å². The van der Waals surface area contributed by atoms with Gasteiger partial charge in [0.25, 0.3) is 5.56 Å². The monoisotopic (exact) mass is 288 g/mol. The third-order valence-corrected chi connectivity index (χ3v) is 3.35. The van der Waals surface area contributed by atoms with Gasteiger partial charge in [0.15, 0.2) is 0 Å². The van der Waals surface area contributed by atoms with Gasteiger partial charge in [-0.3, -0.25) is 13.9 Å². The molecule has 21 heavy (non-hydrogen) atoms. The maximum absolute atomic E-state index is 12.0. The van der Waals surface area contributed by atoms with Crippen LogP contribution in [-0.2, 0) is 20.0 Å². The highest BCUT2D eigenvalue weighted by Crippen LogP contribution is 2.12. The quantitative estimate of drug-likeness (QED) is 0.834. The molecule has 0 aliphatic heterocycles. The normalized spacial score (nSPS) is 10.5. The van der Waals surface area contributed by atoms with E-state index in [2.05, 4.69) is 5.18 Å². The van der Waals surface area contributed by atoms with Gasteiger partial charge in [-0.05, 0) is 23.6 Å². The number of aryl methyl sites for hydroxylation is 1. The van der Waals surface area contributed by atoms with Gasteiger partial charge in [0.2, 0.25) is 5.69 Å². The SMILES string of the molecule is Cn1c(N)c(N=O)c(=O)n(CCCc2ccccc2)c1=O. The molecular weight excluding hydrogens is 272 g/mol. The number of rotatable bonds is 5. The Bertz CT molecular complexity index is 762. The van der Waals surface area contributed by atoms with Crippen LogP contribution in [0.5, 0.6) is 0 Å². The van der Waals surface area contributed by atoms with Crippen molar-refractivity contribution < 1.29 is 0 Å². The number of nitrogen functional groups attached to an aromatic ring is 1. The summed E-state index contributed by atoms with van der Waals surface area (Å²) in [5.41, 5.74) is 4.96. The third kappa shape index (κ3) is 2.91. The molecule has 0 bridgehead atoms. The van der Waals surface area contributed by atoms with Crippen molar-refractivity contribution in [3.8, 4) is 0 Å². The Labute approximate surface area is 120 Å². The predicted molar refractivity (Wildman–Crippen MR) is 80.6 cm³/mol. The van der Waals surface area contributed by atoms with Gasteiger partial charge in [-0.15, -0.1) is 4.91 Å². The van der Waals surface area contributed by atoms with E-state index in [1.807, 2.05) is 30.3 Å². The first kappa shape index (κ1) is 14.7. The largest absolute Gasteiger partial charge is 0.383 e. The Morgan fingerprint density at radius 3 is 2.48 bits per heavy atom. The first-order chi connectivity index (χ1) is 10.1. The molecule has 0 spiro atoms. The molecule has 110 valence electrons. The van der Waals surface area contributed by atoms with E-state index in [9.17, 15) is 14.5 Å². The average molecular weight is 288 g/mol. The molecule has 7 nitrogen and oxygen atoms in total. The number of nitrogens with two attached hydrogens (primary N) is 1. The van der Waals surface area contributed by atoms with Crippen LogP contribution in [0.4, 0.5) is 11.5 Å². The van der Waals surface area contributed by atoms with Gasteiger partial charge in [0, 0.05) is 13.6 Å². The molecule has 0 aliphatic carbocycles. The highest BCUT2D eigenvalue weighted by Gasteiger charge is 2.15. The fourth-order valence-electron chi connectivity index (χ4n) is 2.14. The lowest BCUT2D eigenvalue weighted by Gasteiger charge is -2.10. The number of aromatic nitrogens is 2. The van der Waals surface area contributed by atoms with Crippen molar-refractivity contribution in [2.45, 2.75) is 19.4 Å². The van der Waals surface area contributed by atoms with E-state index in [1.54, 1.807) is 0 Å². The van der Waals surface area contributed by atoms with Crippen molar-refractivity contribution in [3.05, 3.63) is 61.6 Å². The van der Waals surface area contributed by atoms with Gasteiger partial charge in [0.1, 0.15) is 5.82 Å². The molecule has 7 heteroatoms. The van der Waals surface area contributed by atoms with Gasteiger partial charge in [-0.2, -0.15) is 0 Å². The van der Waals surface area contributed by atoms with Gasteiger partial charge in [-0.25, -0.2) is 4.79 Å². The Morgan fingerprint density at radius 2 is 1.86 bits per heavy atom. The topological polar surface area (TPSA) is 99.4 Å². The van der Waals surface area contributed by atoms with Crippen molar-refractivity contribution in [1.82, 2.24) is 9.13 Å². The van der Waals surface area contributed by atoms with Crippen LogP contribution in [-0.4, -0.2) is 9.13 Å². The minimum Gasteiger partial charge on any atom is -0.383 e. The van der Waals surface area contributed by atoms with E-state index in [-0.39, 0.29) is 12.4 Å². The van der Waals surface area contributed by atoms with E-state index < -0.39 is 16.9 Å². The van der Waals surface area contributed by atoms with Crippen molar-refractivity contribution >= 4 is 11.5 Å². The van der Waals surface area contributed by atoms with Crippen molar-refractivity contribution in [3.63, 3.8) is 0 Å². The Morgan fingerprint density at radius 1 is 1.19 bits per heavy atom. The van der Waals surface area contributed by atoms with Crippen LogP contribution in [0.1, 0.15) is 12.0 Å². The summed E-state index contributed by atoms with van der Waals surface area (Å²) >= 11 is 0. The lowest BCUT2D eigenvalue weighted by Crippen LogP contribution is -2.40. The number of hydrogen-bond acceptors (Lipinski definition) is 5. The van der Waals surface area contributed by atoms with Crippen LogP contribution >= 0.6 is 0 Å². The van der Waals surface area contributed by atoms with Crippen LogP contribution in [0.25, 0.3) is 0 Å². The summed E-state index contributed by atoms with van der Waals surface area (Å²) in [5.74, 6) is -0.209. The number of nitroso groups, excluding NO2 is 1. The van der Waals surface area contributed by atoms with Crippen molar-refractivity contribution in [1.29, 1.82) is 0 Å². The number of nitrogens with zero attached hydrogens (tertiary/aromatic N) is 3. The summed E-state index contributed by atoms with van der Waals surface area (Å²) in [4.78, 5) is 34.7. The van der Waals surface area contributed by atoms with Gasteiger partial charge < -0.3 is 5.73 Å². The highest BCUT2D eigenvalue weighted by molar-refractivity contribution is 5.55. The summed E-state index contributed by atoms with van der Waals surface area (Å²) in [7, 11) is 1.40. The van der Waals surface area contributed by atoms with Gasteiger partial charge in [0.05, 0.1) is 0 Å². The summed E-state index contributed by atoms with van der Waals surface area (Å²) in [6.45, 7) is 0.212. The predicted octanol–water partition coefficient (Wildman–Crippen LogP) is 1.16. The second kappa shape index (κ2) is 6.17. The molecule has 2 rings (SSSR count). The van der Waals surface area contributed by atoms with E-state index in [4.69, 9.17) is 5.73 Å². The lowest BCUT2D eigenvalue weighted by molar-refractivity contribution is 0.567. The molecular formula is C14H16N4O3. The molecule has 0 fully saturated rings. The standard InChI is InChI=1S/C14H16N4O3/c1-17-12(15)11(16-21)13(19)18(14(17)20)9-5-8-10-6-3-2-4-7-10/h2-4,6-7H,5,8-9,15H2,1H3. The first-order valence-corrected chi connectivity index (χ1v) is 6.53. The molecule has 0 unspecified atom stereocenters. The molecule has 1 aromatic carbocycles. The number of hydrogen-bond donors (Lipinski definition) is 1. The minimum atomic E-state index is -0.737. The number of anilines is 1. The van der Waals surface area contributed by atoms with E-state index >= 15 is 0 Å². The van der Waals surface area contributed by atoms with E-state index in [0.717, 1.165) is 21.1 Å². The molecule has 0 aliphatic rings. The van der Waals surface area contributed by atoms with Crippen LogP contribution in [0.3, 0.4) is 0 Å². The average Bonchev–Trinajstić information content (AvgIpc) is 2.50. The zero-order chi connectivity index (χ0) is 15.4. The fourth-order valence-corrected chi connectivity index (χ4v) is 2.14. The summed E-state index contributed by atoms with van der Waals surface area (Å²) in [5, 5.41) is 2.63. The molecule has 2 N–H and O–H groups in total. The molecule has 0 saturated carbocycles. The highest BCUT2D eigenvalue weighted by atomic mass is 16.3. The second-order valence-corrected chi connectivity index (χ2v) is 4.71. The molecule has 0 atom stereocenters. The first-order valence-electron chi connectivity index (χ1n) is 6.53. The molecule has 0 amide bonds. The lowest BCUT2D eigenvalue weighted by atomic mass is 10.1. The molecule has 0 radical (unpaired) electrons. The minimum absolute atomic E-state index is 0.209. The maximum atomic E-state index is 12.0. The fraction of sp³-hybridized carbons (Fsp3) is 0.286. The van der Waals surface area contributed by atoms with Crippen LogP contribution in [0.15, 0.2) is 45.1 Å².